The minimum atomic E-state index is -4.73. The summed E-state index contributed by atoms with van der Waals surface area (Å²) in [7, 11) is 0. The molecule has 2 saturated heterocycles. The highest BCUT2D eigenvalue weighted by Crippen LogP contribution is 2.43. The number of carbonyl (C=O) groups excluding carboxylic acids is 3. The number of allylic oxidation sites excluding steroid dienone is 2. The van der Waals surface area contributed by atoms with Gasteiger partial charge in [-0.1, -0.05) is 5.16 Å². The molecule has 12 nitrogen and oxygen atoms in total. The molecule has 2 fully saturated rings. The molecular formula is C20H19F3N6O6S. The monoisotopic (exact) mass is 528 g/mol. The Bertz CT molecular complexity index is 1250. The largest absolute Gasteiger partial charge is 0.477 e. The van der Waals surface area contributed by atoms with E-state index in [1.165, 1.54) is 5.38 Å². The highest BCUT2D eigenvalue weighted by molar-refractivity contribution is 7.13. The molecule has 3 aliphatic rings. The third kappa shape index (κ3) is 4.50. The van der Waals surface area contributed by atoms with Crippen molar-refractivity contribution >= 4 is 45.9 Å². The van der Waals surface area contributed by atoms with E-state index >= 15 is 0 Å². The normalized spacial score (nSPS) is 23.8. The van der Waals surface area contributed by atoms with Gasteiger partial charge in [0.15, 0.2) is 10.8 Å². The SMILES string of the molecule is Nc1nc(C(=NO)C(=O)N[C@@H]2C(=O)N3C(C(=O)O)=C(C(CC(F)(F)F)=C4CCNC4=O)CC[C@H]23)cs1. The molecule has 4 rings (SSSR count). The van der Waals surface area contributed by atoms with Gasteiger partial charge >= 0.3 is 12.1 Å². The molecule has 0 spiro atoms. The van der Waals surface area contributed by atoms with Crippen LogP contribution in [0.15, 0.2) is 33.0 Å². The Morgan fingerprint density at radius 1 is 1.33 bits per heavy atom. The molecule has 0 bridgehead atoms. The lowest BCUT2D eigenvalue weighted by atomic mass is 9.79. The van der Waals surface area contributed by atoms with Gasteiger partial charge in [-0.3, -0.25) is 19.3 Å². The molecule has 1 aromatic heterocycles. The molecule has 0 aromatic carbocycles. The van der Waals surface area contributed by atoms with Crippen molar-refractivity contribution in [3.05, 3.63) is 33.5 Å². The van der Waals surface area contributed by atoms with Crippen molar-refractivity contribution in [3.63, 3.8) is 0 Å². The minimum absolute atomic E-state index is 0.0128. The Labute approximate surface area is 204 Å². The number of halogens is 3. The zero-order valence-corrected chi connectivity index (χ0v) is 19.1. The molecule has 0 unspecified atom stereocenters. The van der Waals surface area contributed by atoms with E-state index in [4.69, 9.17) is 5.73 Å². The number of fused-ring (bicyclic) bond motifs is 1. The summed E-state index contributed by atoms with van der Waals surface area (Å²) < 4.78 is 40.1. The number of carboxylic acids is 1. The lowest BCUT2D eigenvalue weighted by Crippen LogP contribution is -2.72. The number of aliphatic carboxylic acids is 1. The van der Waals surface area contributed by atoms with Gasteiger partial charge in [-0.2, -0.15) is 13.2 Å². The number of amides is 3. The van der Waals surface area contributed by atoms with Crippen molar-refractivity contribution in [3.8, 4) is 0 Å². The molecule has 6 N–H and O–H groups in total. The number of nitrogens with zero attached hydrogens (tertiary/aromatic N) is 3. The Kier molecular flexibility index (Phi) is 6.46. The highest BCUT2D eigenvalue weighted by Gasteiger charge is 2.54. The fraction of sp³-hybridized carbons (Fsp3) is 0.400. The minimum Gasteiger partial charge on any atom is -0.477 e. The molecule has 4 heterocycles. The molecule has 0 radical (unpaired) electrons. The van der Waals surface area contributed by atoms with Gasteiger partial charge < -0.3 is 26.7 Å². The van der Waals surface area contributed by atoms with E-state index < -0.39 is 65.4 Å². The fourth-order valence-electron chi connectivity index (χ4n) is 4.58. The number of nitrogens with one attached hydrogen (secondary N) is 2. The van der Waals surface area contributed by atoms with E-state index in [1.807, 2.05) is 0 Å². The number of rotatable bonds is 6. The number of alkyl halides is 3. The Balaban J connectivity index is 1.64. The van der Waals surface area contributed by atoms with Crippen LogP contribution in [0.3, 0.4) is 0 Å². The van der Waals surface area contributed by atoms with Crippen LogP contribution in [0.4, 0.5) is 18.3 Å². The summed E-state index contributed by atoms with van der Waals surface area (Å²) in [4.78, 5) is 54.4. The molecule has 0 aliphatic carbocycles. The summed E-state index contributed by atoms with van der Waals surface area (Å²) in [6.45, 7) is 0.115. The standard InChI is InChI=1S/C20H19F3N6O6S/c21-20(22,23)5-9(8-3-4-25-15(8)30)7-1-2-11-13(17(32)29(11)14(7)18(33)34)27-16(31)12(28-35)10-6-36-19(24)26-10/h6,11,13,35H,1-5H2,(H2,24,26)(H,25,30)(H,27,31)(H,33,34)/t11-,13+/m1/s1. The van der Waals surface area contributed by atoms with E-state index in [-0.39, 0.29) is 47.8 Å². The molecule has 0 saturated carbocycles. The number of aromatic nitrogens is 1. The Hall–Kier alpha value is -3.95. The lowest BCUT2D eigenvalue weighted by Gasteiger charge is -2.50. The third-order valence-electron chi connectivity index (χ3n) is 6.05. The second-order valence-corrected chi connectivity index (χ2v) is 9.06. The molecule has 3 amide bonds. The van der Waals surface area contributed by atoms with Crippen molar-refractivity contribution in [1.82, 2.24) is 20.5 Å². The summed E-state index contributed by atoms with van der Waals surface area (Å²) >= 11 is 0.979. The average Bonchev–Trinajstić information content (AvgIpc) is 3.42. The second kappa shape index (κ2) is 9.25. The third-order valence-corrected chi connectivity index (χ3v) is 6.72. The van der Waals surface area contributed by atoms with Crippen molar-refractivity contribution in [2.24, 2.45) is 5.16 Å². The quantitative estimate of drug-likeness (QED) is 0.116. The van der Waals surface area contributed by atoms with Crippen molar-refractivity contribution in [2.45, 2.75) is 43.9 Å². The zero-order valence-electron chi connectivity index (χ0n) is 18.3. The predicted octanol–water partition coefficient (Wildman–Crippen LogP) is 0.501. The topological polar surface area (TPSA) is 187 Å². The van der Waals surface area contributed by atoms with Crippen LogP contribution in [0.1, 0.15) is 31.4 Å². The van der Waals surface area contributed by atoms with Crippen molar-refractivity contribution < 1.29 is 42.7 Å². The maximum Gasteiger partial charge on any atom is 0.393 e. The predicted molar refractivity (Wildman–Crippen MR) is 117 cm³/mol. The van der Waals surface area contributed by atoms with Crippen LogP contribution in [-0.4, -0.2) is 74.4 Å². The second-order valence-electron chi connectivity index (χ2n) is 8.17. The van der Waals surface area contributed by atoms with E-state index in [0.29, 0.717) is 0 Å². The molecule has 36 heavy (non-hydrogen) atoms. The Morgan fingerprint density at radius 2 is 2.06 bits per heavy atom. The molecule has 16 heteroatoms. The van der Waals surface area contributed by atoms with Crippen LogP contribution in [0.25, 0.3) is 0 Å². The average molecular weight is 528 g/mol. The number of nitrogens with two attached hydrogens (primary N) is 1. The van der Waals surface area contributed by atoms with Gasteiger partial charge in [-0.05, 0) is 30.4 Å². The first-order valence-corrected chi connectivity index (χ1v) is 11.4. The van der Waals surface area contributed by atoms with E-state index in [0.717, 1.165) is 16.2 Å². The maximum absolute atomic E-state index is 13.4. The summed E-state index contributed by atoms with van der Waals surface area (Å²) in [5.41, 5.74) is 3.43. The van der Waals surface area contributed by atoms with Gasteiger partial charge in [-0.15, -0.1) is 11.3 Å². The number of hydrogen-bond donors (Lipinski definition) is 5. The van der Waals surface area contributed by atoms with E-state index in [9.17, 15) is 42.7 Å². The number of carboxylic acid groups (broad SMARTS) is 1. The first kappa shape index (κ1) is 25.2. The first-order chi connectivity index (χ1) is 16.9. The van der Waals surface area contributed by atoms with Crippen LogP contribution >= 0.6 is 11.3 Å². The molecule has 3 aliphatic heterocycles. The smallest absolute Gasteiger partial charge is 0.393 e. The molecule has 192 valence electrons. The van der Waals surface area contributed by atoms with E-state index in [2.05, 4.69) is 20.8 Å². The number of carbonyl (C=O) groups is 4. The summed E-state index contributed by atoms with van der Waals surface area (Å²) in [5, 5.41) is 28.2. The lowest BCUT2D eigenvalue weighted by molar-refractivity contribution is -0.155. The number of hydrogen-bond acceptors (Lipinski definition) is 9. The number of oxime groups is 1. The van der Waals surface area contributed by atoms with Crippen LogP contribution in [0.5, 0.6) is 0 Å². The van der Waals surface area contributed by atoms with Crippen LogP contribution in [0.2, 0.25) is 0 Å². The van der Waals surface area contributed by atoms with Crippen LogP contribution in [-0.2, 0) is 19.2 Å². The summed E-state index contributed by atoms with van der Waals surface area (Å²) in [6.07, 6.45) is -6.42. The number of β-lactam (4-membered cyclic amide) rings is 1. The number of anilines is 1. The number of thiazole rings is 1. The Morgan fingerprint density at radius 3 is 2.58 bits per heavy atom. The fourth-order valence-corrected chi connectivity index (χ4v) is 5.13. The van der Waals surface area contributed by atoms with Gasteiger partial charge in [0.2, 0.25) is 5.91 Å². The zero-order chi connectivity index (χ0) is 26.4. The highest BCUT2D eigenvalue weighted by atomic mass is 32.1. The van der Waals surface area contributed by atoms with Crippen molar-refractivity contribution in [1.29, 1.82) is 0 Å². The molecule has 1 aromatic rings. The van der Waals surface area contributed by atoms with Gasteiger partial charge in [0.25, 0.3) is 11.8 Å². The summed E-state index contributed by atoms with van der Waals surface area (Å²) in [5.74, 6) is -4.20. The van der Waals surface area contributed by atoms with Crippen molar-refractivity contribution in [2.75, 3.05) is 12.3 Å². The maximum atomic E-state index is 13.4. The van der Waals surface area contributed by atoms with Gasteiger partial charge in [0.05, 0.1) is 12.5 Å². The van der Waals surface area contributed by atoms with E-state index in [1.54, 1.807) is 0 Å². The molecule has 2 atom stereocenters. The summed E-state index contributed by atoms with van der Waals surface area (Å²) in [6, 6.07) is -2.08. The van der Waals surface area contributed by atoms with Gasteiger partial charge in [0.1, 0.15) is 17.4 Å². The van der Waals surface area contributed by atoms with Gasteiger partial charge in [0, 0.05) is 17.5 Å². The first-order valence-electron chi connectivity index (χ1n) is 10.5. The van der Waals surface area contributed by atoms with Gasteiger partial charge in [-0.25, -0.2) is 9.78 Å². The molecular weight excluding hydrogens is 509 g/mol. The van der Waals surface area contributed by atoms with Crippen LogP contribution < -0.4 is 16.4 Å². The number of nitrogen functional groups attached to an aromatic ring is 1. The van der Waals surface area contributed by atoms with Crippen LogP contribution in [0, 0.1) is 0 Å².